The molecule has 2 nitrogen and oxygen atoms in total. The van der Waals surface area contributed by atoms with Crippen LogP contribution in [0.15, 0.2) is 54.6 Å². The molecule has 2 aromatic carbocycles. The third-order valence-corrected chi connectivity index (χ3v) is 2.68. The fraction of sp³-hybridized carbons (Fsp3) is 0.143. The summed E-state index contributed by atoms with van der Waals surface area (Å²) in [6.45, 7) is 0.470. The molecule has 0 aliphatic rings. The minimum atomic E-state index is -0.0799. The van der Waals surface area contributed by atoms with Crippen LogP contribution in [0, 0.1) is 0 Å². The molecule has 3 heteroatoms. The SMILES string of the molecule is Cl.NC[C@H](N)c1cccc(-c2ccccc2)c1. The maximum absolute atomic E-state index is 5.92. The summed E-state index contributed by atoms with van der Waals surface area (Å²) in [4.78, 5) is 0. The molecule has 0 amide bonds. The molecule has 0 unspecified atom stereocenters. The first kappa shape index (κ1) is 13.7. The van der Waals surface area contributed by atoms with E-state index >= 15 is 0 Å². The Hall–Kier alpha value is -1.35. The molecule has 90 valence electrons. The zero-order valence-corrected chi connectivity index (χ0v) is 10.4. The Balaban J connectivity index is 0.00000144. The van der Waals surface area contributed by atoms with Gasteiger partial charge in [-0.25, -0.2) is 0 Å². The molecule has 0 spiro atoms. The van der Waals surface area contributed by atoms with Gasteiger partial charge in [-0.15, -0.1) is 12.4 Å². The highest BCUT2D eigenvalue weighted by molar-refractivity contribution is 5.85. The van der Waals surface area contributed by atoms with Gasteiger partial charge in [0, 0.05) is 12.6 Å². The van der Waals surface area contributed by atoms with Gasteiger partial charge in [-0.1, -0.05) is 48.5 Å². The van der Waals surface area contributed by atoms with Gasteiger partial charge in [0.2, 0.25) is 0 Å². The van der Waals surface area contributed by atoms with Gasteiger partial charge < -0.3 is 11.5 Å². The number of benzene rings is 2. The molecule has 2 aromatic rings. The summed E-state index contributed by atoms with van der Waals surface area (Å²) in [5.41, 5.74) is 15.0. The number of hydrogen-bond acceptors (Lipinski definition) is 2. The van der Waals surface area contributed by atoms with Crippen molar-refractivity contribution in [3.05, 3.63) is 60.2 Å². The van der Waals surface area contributed by atoms with Crippen LogP contribution in [0.4, 0.5) is 0 Å². The highest BCUT2D eigenvalue weighted by Crippen LogP contribution is 2.21. The van der Waals surface area contributed by atoms with Crippen molar-refractivity contribution < 1.29 is 0 Å². The smallest absolute Gasteiger partial charge is 0.0419 e. The van der Waals surface area contributed by atoms with Crippen molar-refractivity contribution in [2.75, 3.05) is 6.54 Å². The topological polar surface area (TPSA) is 52.0 Å². The molecule has 0 fully saturated rings. The van der Waals surface area contributed by atoms with Crippen LogP contribution in [0.3, 0.4) is 0 Å². The van der Waals surface area contributed by atoms with Gasteiger partial charge in [-0.2, -0.15) is 0 Å². The molecule has 4 N–H and O–H groups in total. The summed E-state index contributed by atoms with van der Waals surface area (Å²) in [5.74, 6) is 0. The van der Waals surface area contributed by atoms with Crippen LogP contribution in [0.25, 0.3) is 11.1 Å². The molecule has 0 saturated heterocycles. The van der Waals surface area contributed by atoms with Crippen LogP contribution in [0.2, 0.25) is 0 Å². The summed E-state index contributed by atoms with van der Waals surface area (Å²) in [6, 6.07) is 18.4. The standard InChI is InChI=1S/C14H16N2.ClH/c15-10-14(16)13-8-4-7-12(9-13)11-5-2-1-3-6-11;/h1-9,14H,10,15-16H2;1H/t14-;/m0./s1. The zero-order chi connectivity index (χ0) is 11.4. The van der Waals surface area contributed by atoms with Crippen molar-refractivity contribution in [3.8, 4) is 11.1 Å². The molecule has 1 atom stereocenters. The van der Waals surface area contributed by atoms with Crippen LogP contribution in [0.5, 0.6) is 0 Å². The Bertz CT molecular complexity index is 457. The Morgan fingerprint density at radius 3 is 2.18 bits per heavy atom. The van der Waals surface area contributed by atoms with Gasteiger partial charge in [0.05, 0.1) is 0 Å². The molecule has 0 aromatic heterocycles. The summed E-state index contributed by atoms with van der Waals surface area (Å²) in [6.07, 6.45) is 0. The van der Waals surface area contributed by atoms with E-state index in [1.807, 2.05) is 30.3 Å². The van der Waals surface area contributed by atoms with Crippen molar-refractivity contribution in [2.24, 2.45) is 11.5 Å². The Morgan fingerprint density at radius 1 is 0.882 bits per heavy atom. The molecule has 2 rings (SSSR count). The lowest BCUT2D eigenvalue weighted by Crippen LogP contribution is -2.20. The molecule has 0 saturated carbocycles. The van der Waals surface area contributed by atoms with Crippen LogP contribution in [-0.4, -0.2) is 6.54 Å². The number of hydrogen-bond donors (Lipinski definition) is 2. The van der Waals surface area contributed by atoms with Crippen LogP contribution in [-0.2, 0) is 0 Å². The normalized spacial score (nSPS) is 11.6. The first-order valence-corrected chi connectivity index (χ1v) is 5.42. The number of rotatable bonds is 3. The van der Waals surface area contributed by atoms with Crippen molar-refractivity contribution in [2.45, 2.75) is 6.04 Å². The van der Waals surface area contributed by atoms with Crippen molar-refractivity contribution in [1.29, 1.82) is 0 Å². The van der Waals surface area contributed by atoms with Crippen molar-refractivity contribution >= 4 is 12.4 Å². The van der Waals surface area contributed by atoms with Crippen molar-refractivity contribution in [1.82, 2.24) is 0 Å². The number of halogens is 1. The molecule has 0 radical (unpaired) electrons. The Labute approximate surface area is 108 Å². The van der Waals surface area contributed by atoms with E-state index in [1.165, 1.54) is 11.1 Å². The van der Waals surface area contributed by atoms with E-state index in [0.717, 1.165) is 5.56 Å². The largest absolute Gasteiger partial charge is 0.329 e. The van der Waals surface area contributed by atoms with E-state index in [1.54, 1.807) is 0 Å². The summed E-state index contributed by atoms with van der Waals surface area (Å²) < 4.78 is 0. The monoisotopic (exact) mass is 248 g/mol. The Morgan fingerprint density at radius 2 is 1.53 bits per heavy atom. The first-order chi connectivity index (χ1) is 7.81. The van der Waals surface area contributed by atoms with Gasteiger partial charge in [-0.05, 0) is 22.8 Å². The van der Waals surface area contributed by atoms with Gasteiger partial charge in [0.15, 0.2) is 0 Å². The fourth-order valence-corrected chi connectivity index (χ4v) is 1.72. The summed E-state index contributed by atoms with van der Waals surface area (Å²) >= 11 is 0. The minimum absolute atomic E-state index is 0. The lowest BCUT2D eigenvalue weighted by molar-refractivity contribution is 0.737. The third-order valence-electron chi connectivity index (χ3n) is 2.68. The van der Waals surface area contributed by atoms with E-state index in [-0.39, 0.29) is 18.4 Å². The average molecular weight is 249 g/mol. The predicted molar refractivity (Wildman–Crippen MR) is 75.1 cm³/mol. The highest BCUT2D eigenvalue weighted by atomic mass is 35.5. The van der Waals surface area contributed by atoms with Gasteiger partial charge in [0.25, 0.3) is 0 Å². The second kappa shape index (κ2) is 6.40. The molecule has 0 aliphatic carbocycles. The van der Waals surface area contributed by atoms with E-state index < -0.39 is 0 Å². The second-order valence-electron chi connectivity index (χ2n) is 3.83. The number of nitrogens with two attached hydrogens (primary N) is 2. The molecular weight excluding hydrogens is 232 g/mol. The quantitative estimate of drug-likeness (QED) is 0.878. The van der Waals surface area contributed by atoms with Crippen LogP contribution >= 0.6 is 12.4 Å². The van der Waals surface area contributed by atoms with E-state index in [2.05, 4.69) is 24.3 Å². The maximum Gasteiger partial charge on any atom is 0.0419 e. The lowest BCUT2D eigenvalue weighted by atomic mass is 10.00. The van der Waals surface area contributed by atoms with Crippen molar-refractivity contribution in [3.63, 3.8) is 0 Å². The van der Waals surface area contributed by atoms with Gasteiger partial charge >= 0.3 is 0 Å². The molecular formula is C14H17ClN2. The van der Waals surface area contributed by atoms with Gasteiger partial charge in [-0.3, -0.25) is 0 Å². The van der Waals surface area contributed by atoms with E-state index in [4.69, 9.17) is 11.5 Å². The Kier molecular flexibility index (Phi) is 5.16. The highest BCUT2D eigenvalue weighted by Gasteiger charge is 2.04. The minimum Gasteiger partial charge on any atom is -0.329 e. The van der Waals surface area contributed by atoms with Crippen LogP contribution < -0.4 is 11.5 Å². The molecule has 0 heterocycles. The van der Waals surface area contributed by atoms with Gasteiger partial charge in [0.1, 0.15) is 0 Å². The maximum atomic E-state index is 5.92. The zero-order valence-electron chi connectivity index (χ0n) is 9.54. The van der Waals surface area contributed by atoms with Crippen LogP contribution in [0.1, 0.15) is 11.6 Å². The van der Waals surface area contributed by atoms with E-state index in [9.17, 15) is 0 Å². The lowest BCUT2D eigenvalue weighted by Gasteiger charge is -2.10. The summed E-state index contributed by atoms with van der Waals surface area (Å²) in [7, 11) is 0. The average Bonchev–Trinajstić information content (AvgIpc) is 2.39. The summed E-state index contributed by atoms with van der Waals surface area (Å²) in [5, 5.41) is 0. The molecule has 17 heavy (non-hydrogen) atoms. The second-order valence-corrected chi connectivity index (χ2v) is 3.83. The molecule has 0 bridgehead atoms. The molecule has 0 aliphatic heterocycles. The first-order valence-electron chi connectivity index (χ1n) is 5.42. The van der Waals surface area contributed by atoms with E-state index in [0.29, 0.717) is 6.54 Å². The fourth-order valence-electron chi connectivity index (χ4n) is 1.72. The predicted octanol–water partition coefficient (Wildman–Crippen LogP) is 2.73. The third kappa shape index (κ3) is 3.30.